The molecule has 1 N–H and O–H groups in total. The molecule has 8 heteroatoms. The molecule has 0 aromatic heterocycles. The normalized spacial score (nSPS) is 19.6. The van der Waals surface area contributed by atoms with Crippen LogP contribution in [0, 0.1) is 11.6 Å². The molecule has 1 heterocycles. The van der Waals surface area contributed by atoms with Gasteiger partial charge in [0.25, 0.3) is 0 Å². The zero-order chi connectivity index (χ0) is 15.6. The lowest BCUT2D eigenvalue weighted by Gasteiger charge is -2.34. The van der Waals surface area contributed by atoms with Crippen LogP contribution in [0.4, 0.5) is 8.78 Å². The summed E-state index contributed by atoms with van der Waals surface area (Å²) in [6, 6.07) is 2.40. The molecule has 0 saturated carbocycles. The van der Waals surface area contributed by atoms with Gasteiger partial charge in [0.1, 0.15) is 16.5 Å². The van der Waals surface area contributed by atoms with Crippen molar-refractivity contribution in [2.45, 2.75) is 17.9 Å². The van der Waals surface area contributed by atoms with Crippen LogP contribution in [-0.4, -0.2) is 61.6 Å². The lowest BCUT2D eigenvalue weighted by molar-refractivity contribution is 0.103. The molecule has 21 heavy (non-hydrogen) atoms. The van der Waals surface area contributed by atoms with E-state index in [1.807, 2.05) is 4.90 Å². The number of aliphatic hydroxyl groups excluding tert-OH is 1. The van der Waals surface area contributed by atoms with E-state index in [1.165, 1.54) is 0 Å². The highest BCUT2D eigenvalue weighted by molar-refractivity contribution is 7.89. The van der Waals surface area contributed by atoms with Crippen LogP contribution in [0.3, 0.4) is 0 Å². The maximum atomic E-state index is 13.7. The lowest BCUT2D eigenvalue weighted by atomic mass is 10.3. The highest BCUT2D eigenvalue weighted by Gasteiger charge is 2.31. The molecule has 1 aromatic carbocycles. The van der Waals surface area contributed by atoms with Crippen molar-refractivity contribution in [2.75, 3.05) is 32.7 Å². The van der Waals surface area contributed by atoms with Crippen molar-refractivity contribution in [1.82, 2.24) is 9.21 Å². The second-order valence-electron chi connectivity index (χ2n) is 5.13. The van der Waals surface area contributed by atoms with Crippen molar-refractivity contribution < 1.29 is 22.3 Å². The molecule has 1 aromatic rings. The standard InChI is InChI=1S/C13H18F2N2O3S/c1-10(18)9-16-4-6-17(7-5-16)21(19,20)13-8-11(14)2-3-12(13)15/h2-3,8,10,18H,4-7,9H2,1H3/t10-/m0/s1. The number of benzene rings is 1. The van der Waals surface area contributed by atoms with Gasteiger partial charge in [-0.1, -0.05) is 0 Å². The number of hydrogen-bond donors (Lipinski definition) is 1. The zero-order valence-corrected chi connectivity index (χ0v) is 12.5. The molecule has 0 bridgehead atoms. The van der Waals surface area contributed by atoms with Crippen LogP contribution in [0.2, 0.25) is 0 Å². The third kappa shape index (κ3) is 3.76. The molecular weight excluding hydrogens is 302 g/mol. The van der Waals surface area contributed by atoms with Crippen LogP contribution in [0.5, 0.6) is 0 Å². The summed E-state index contributed by atoms with van der Waals surface area (Å²) in [5.74, 6) is -1.74. The topological polar surface area (TPSA) is 60.9 Å². The summed E-state index contributed by atoms with van der Waals surface area (Å²) in [6.07, 6.45) is -0.492. The smallest absolute Gasteiger partial charge is 0.246 e. The van der Waals surface area contributed by atoms with Crippen LogP contribution in [0.1, 0.15) is 6.92 Å². The fourth-order valence-corrected chi connectivity index (χ4v) is 3.84. The Morgan fingerprint density at radius 3 is 2.43 bits per heavy atom. The van der Waals surface area contributed by atoms with Crippen molar-refractivity contribution in [1.29, 1.82) is 0 Å². The van der Waals surface area contributed by atoms with Gasteiger partial charge < -0.3 is 5.11 Å². The average molecular weight is 320 g/mol. The fourth-order valence-electron chi connectivity index (χ4n) is 2.34. The number of hydrogen-bond acceptors (Lipinski definition) is 4. The van der Waals surface area contributed by atoms with Crippen LogP contribution in [-0.2, 0) is 10.0 Å². The SMILES string of the molecule is C[C@H](O)CN1CCN(S(=O)(=O)c2cc(F)ccc2F)CC1. The van der Waals surface area contributed by atoms with Crippen LogP contribution < -0.4 is 0 Å². The summed E-state index contributed by atoms with van der Waals surface area (Å²) >= 11 is 0. The van der Waals surface area contributed by atoms with Crippen LogP contribution >= 0.6 is 0 Å². The summed E-state index contributed by atoms with van der Waals surface area (Å²) in [6.45, 7) is 3.38. The molecule has 0 amide bonds. The van der Waals surface area contributed by atoms with E-state index in [2.05, 4.69) is 0 Å². The first-order valence-electron chi connectivity index (χ1n) is 6.66. The quantitative estimate of drug-likeness (QED) is 0.885. The summed E-state index contributed by atoms with van der Waals surface area (Å²) < 4.78 is 52.6. The van der Waals surface area contributed by atoms with Gasteiger partial charge in [-0.2, -0.15) is 4.31 Å². The van der Waals surface area contributed by atoms with Crippen molar-refractivity contribution >= 4 is 10.0 Å². The van der Waals surface area contributed by atoms with Crippen molar-refractivity contribution in [3.8, 4) is 0 Å². The molecular formula is C13H18F2N2O3S. The number of rotatable bonds is 4. The first kappa shape index (κ1) is 16.3. The summed E-state index contributed by atoms with van der Waals surface area (Å²) in [5.41, 5.74) is 0. The van der Waals surface area contributed by atoms with Gasteiger partial charge in [-0.05, 0) is 25.1 Å². The van der Waals surface area contributed by atoms with Gasteiger partial charge in [-0.15, -0.1) is 0 Å². The second-order valence-corrected chi connectivity index (χ2v) is 7.03. The number of sulfonamides is 1. The van der Waals surface area contributed by atoms with E-state index >= 15 is 0 Å². The lowest BCUT2D eigenvalue weighted by Crippen LogP contribution is -2.50. The Balaban J connectivity index is 2.13. The Morgan fingerprint density at radius 2 is 1.86 bits per heavy atom. The van der Waals surface area contributed by atoms with Gasteiger partial charge in [0, 0.05) is 32.7 Å². The molecule has 1 saturated heterocycles. The maximum Gasteiger partial charge on any atom is 0.246 e. The van der Waals surface area contributed by atoms with Crippen molar-refractivity contribution in [2.24, 2.45) is 0 Å². The Labute approximate surface area is 122 Å². The Bertz CT molecular complexity index is 599. The van der Waals surface area contributed by atoms with E-state index in [0.717, 1.165) is 16.4 Å². The highest BCUT2D eigenvalue weighted by atomic mass is 32.2. The largest absolute Gasteiger partial charge is 0.392 e. The molecule has 2 rings (SSSR count). The van der Waals surface area contributed by atoms with Gasteiger partial charge in [0.2, 0.25) is 10.0 Å². The molecule has 118 valence electrons. The first-order valence-corrected chi connectivity index (χ1v) is 8.10. The molecule has 0 spiro atoms. The van der Waals surface area contributed by atoms with E-state index in [4.69, 9.17) is 0 Å². The summed E-state index contributed by atoms with van der Waals surface area (Å²) in [4.78, 5) is 1.30. The van der Waals surface area contributed by atoms with Crippen LogP contribution in [0.15, 0.2) is 23.1 Å². The fraction of sp³-hybridized carbons (Fsp3) is 0.538. The van der Waals surface area contributed by atoms with Gasteiger partial charge in [0.15, 0.2) is 0 Å². The van der Waals surface area contributed by atoms with Crippen molar-refractivity contribution in [3.63, 3.8) is 0 Å². The number of aliphatic hydroxyl groups is 1. The zero-order valence-electron chi connectivity index (χ0n) is 11.7. The minimum atomic E-state index is -4.04. The van der Waals surface area contributed by atoms with E-state index < -0.39 is 32.7 Å². The molecule has 0 unspecified atom stereocenters. The Morgan fingerprint density at radius 1 is 1.24 bits per heavy atom. The van der Waals surface area contributed by atoms with E-state index in [9.17, 15) is 22.3 Å². The van der Waals surface area contributed by atoms with Crippen LogP contribution in [0.25, 0.3) is 0 Å². The first-order chi connectivity index (χ1) is 9.80. The molecule has 0 aliphatic carbocycles. The van der Waals surface area contributed by atoms with E-state index in [1.54, 1.807) is 6.92 Å². The summed E-state index contributed by atoms with van der Waals surface area (Å²) in [5, 5.41) is 9.31. The highest BCUT2D eigenvalue weighted by Crippen LogP contribution is 2.21. The molecule has 0 radical (unpaired) electrons. The Kier molecular flexibility index (Phi) is 4.92. The average Bonchev–Trinajstić information content (AvgIpc) is 2.41. The number of halogens is 2. The monoisotopic (exact) mass is 320 g/mol. The van der Waals surface area contributed by atoms with Crippen molar-refractivity contribution in [3.05, 3.63) is 29.8 Å². The van der Waals surface area contributed by atoms with E-state index in [-0.39, 0.29) is 13.1 Å². The molecule has 1 atom stereocenters. The molecule has 5 nitrogen and oxygen atoms in total. The Hall–Kier alpha value is -1.09. The third-order valence-corrected chi connectivity index (χ3v) is 5.28. The summed E-state index contributed by atoms with van der Waals surface area (Å²) in [7, 11) is -4.04. The minimum Gasteiger partial charge on any atom is -0.392 e. The van der Waals surface area contributed by atoms with Gasteiger partial charge in [0.05, 0.1) is 6.10 Å². The number of β-amino-alcohol motifs (C(OH)–C–C–N with tert-alkyl or cyclic N) is 1. The molecule has 1 aliphatic heterocycles. The minimum absolute atomic E-state index is 0.186. The van der Waals surface area contributed by atoms with E-state index in [0.29, 0.717) is 25.7 Å². The molecule has 1 aliphatic rings. The number of nitrogens with zero attached hydrogens (tertiary/aromatic N) is 2. The molecule has 1 fully saturated rings. The predicted molar refractivity (Wildman–Crippen MR) is 73.2 cm³/mol. The third-order valence-electron chi connectivity index (χ3n) is 3.36. The van der Waals surface area contributed by atoms with Gasteiger partial charge >= 0.3 is 0 Å². The second kappa shape index (κ2) is 6.35. The van der Waals surface area contributed by atoms with Gasteiger partial charge in [-0.3, -0.25) is 4.90 Å². The maximum absolute atomic E-state index is 13.7. The van der Waals surface area contributed by atoms with Gasteiger partial charge in [-0.25, -0.2) is 17.2 Å². The number of piperazine rings is 1. The predicted octanol–water partition coefficient (Wildman–Crippen LogP) is 0.652.